The van der Waals surface area contributed by atoms with Crippen LogP contribution in [0.3, 0.4) is 0 Å². The molecule has 1 N–H and O–H groups in total. The van der Waals surface area contributed by atoms with Crippen molar-refractivity contribution in [1.29, 1.82) is 0 Å². The van der Waals surface area contributed by atoms with E-state index in [-0.39, 0.29) is 0 Å². The van der Waals surface area contributed by atoms with E-state index in [0.717, 1.165) is 18.8 Å². The highest BCUT2D eigenvalue weighted by atomic mass is 15.0. The molecule has 2 rings (SSSR count). The Hall–Kier alpha value is -1.61. The Morgan fingerprint density at radius 2 is 2.06 bits per heavy atom. The standard InChI is InChI=1S/C15H21N3/c1-12(2)16-8-15-10-18(11-17-15)9-14-7-5-4-6-13(14)3/h4-7,10-12,16H,8-9H2,1-3H3. The van der Waals surface area contributed by atoms with E-state index in [4.69, 9.17) is 0 Å². The molecule has 0 radical (unpaired) electrons. The first-order valence-electron chi connectivity index (χ1n) is 6.43. The highest BCUT2D eigenvalue weighted by Gasteiger charge is 2.02. The van der Waals surface area contributed by atoms with E-state index in [9.17, 15) is 0 Å². The van der Waals surface area contributed by atoms with Crippen LogP contribution in [0.15, 0.2) is 36.8 Å². The number of hydrogen-bond acceptors (Lipinski definition) is 2. The predicted molar refractivity (Wildman–Crippen MR) is 74.5 cm³/mol. The summed E-state index contributed by atoms with van der Waals surface area (Å²) in [7, 11) is 0. The van der Waals surface area contributed by atoms with E-state index >= 15 is 0 Å². The number of aromatic nitrogens is 2. The quantitative estimate of drug-likeness (QED) is 0.875. The summed E-state index contributed by atoms with van der Waals surface area (Å²) in [6.45, 7) is 8.15. The molecule has 18 heavy (non-hydrogen) atoms. The molecular formula is C15H21N3. The summed E-state index contributed by atoms with van der Waals surface area (Å²) in [6.07, 6.45) is 4.02. The molecule has 0 saturated heterocycles. The van der Waals surface area contributed by atoms with Gasteiger partial charge in [-0.2, -0.15) is 0 Å². The Labute approximate surface area is 109 Å². The average Bonchev–Trinajstić information content (AvgIpc) is 2.77. The predicted octanol–water partition coefficient (Wildman–Crippen LogP) is 2.74. The minimum absolute atomic E-state index is 0.492. The zero-order chi connectivity index (χ0) is 13.0. The van der Waals surface area contributed by atoms with Crippen LogP contribution in [0.2, 0.25) is 0 Å². The maximum atomic E-state index is 4.41. The summed E-state index contributed by atoms with van der Waals surface area (Å²) < 4.78 is 2.14. The molecule has 0 aliphatic heterocycles. The summed E-state index contributed by atoms with van der Waals surface area (Å²) >= 11 is 0. The van der Waals surface area contributed by atoms with Gasteiger partial charge in [0.15, 0.2) is 0 Å². The molecule has 0 unspecified atom stereocenters. The van der Waals surface area contributed by atoms with E-state index in [2.05, 4.69) is 66.1 Å². The number of nitrogens with one attached hydrogen (secondary N) is 1. The van der Waals surface area contributed by atoms with Gasteiger partial charge in [0.2, 0.25) is 0 Å². The average molecular weight is 243 g/mol. The monoisotopic (exact) mass is 243 g/mol. The van der Waals surface area contributed by atoms with Crippen molar-refractivity contribution < 1.29 is 0 Å². The lowest BCUT2D eigenvalue weighted by Crippen LogP contribution is -2.21. The fourth-order valence-corrected chi connectivity index (χ4v) is 1.88. The molecule has 0 atom stereocenters. The number of rotatable bonds is 5. The van der Waals surface area contributed by atoms with Crippen LogP contribution in [0.1, 0.15) is 30.7 Å². The van der Waals surface area contributed by atoms with Crippen molar-refractivity contribution in [3.8, 4) is 0 Å². The lowest BCUT2D eigenvalue weighted by Gasteiger charge is -2.06. The van der Waals surface area contributed by atoms with Gasteiger partial charge in [-0.15, -0.1) is 0 Å². The van der Waals surface area contributed by atoms with Gasteiger partial charge in [0, 0.05) is 25.3 Å². The highest BCUT2D eigenvalue weighted by Crippen LogP contribution is 2.09. The van der Waals surface area contributed by atoms with Crippen LogP contribution < -0.4 is 5.32 Å². The van der Waals surface area contributed by atoms with E-state index < -0.39 is 0 Å². The van der Waals surface area contributed by atoms with Gasteiger partial charge in [-0.05, 0) is 18.1 Å². The van der Waals surface area contributed by atoms with Crippen LogP contribution in [0.5, 0.6) is 0 Å². The fraction of sp³-hybridized carbons (Fsp3) is 0.400. The maximum Gasteiger partial charge on any atom is 0.0953 e. The molecule has 0 spiro atoms. The Bertz CT molecular complexity index is 500. The molecule has 0 bridgehead atoms. The number of benzene rings is 1. The maximum absolute atomic E-state index is 4.41. The van der Waals surface area contributed by atoms with Gasteiger partial charge < -0.3 is 9.88 Å². The molecule has 96 valence electrons. The van der Waals surface area contributed by atoms with Crippen molar-refractivity contribution in [2.45, 2.75) is 39.9 Å². The molecule has 0 amide bonds. The molecule has 1 aromatic heterocycles. The first kappa shape index (κ1) is 12.8. The van der Waals surface area contributed by atoms with Crippen molar-refractivity contribution in [1.82, 2.24) is 14.9 Å². The number of nitrogens with zero attached hydrogens (tertiary/aromatic N) is 2. The SMILES string of the molecule is Cc1ccccc1Cn1cnc(CNC(C)C)c1. The summed E-state index contributed by atoms with van der Waals surface area (Å²) in [4.78, 5) is 4.41. The Balaban J connectivity index is 2.00. The van der Waals surface area contributed by atoms with Gasteiger partial charge in [-0.1, -0.05) is 38.1 Å². The van der Waals surface area contributed by atoms with Gasteiger partial charge in [0.25, 0.3) is 0 Å². The summed E-state index contributed by atoms with van der Waals surface area (Å²) in [5.41, 5.74) is 3.77. The van der Waals surface area contributed by atoms with Crippen molar-refractivity contribution >= 4 is 0 Å². The fourth-order valence-electron chi connectivity index (χ4n) is 1.88. The zero-order valence-corrected chi connectivity index (χ0v) is 11.4. The Morgan fingerprint density at radius 3 is 2.78 bits per heavy atom. The van der Waals surface area contributed by atoms with Gasteiger partial charge >= 0.3 is 0 Å². The van der Waals surface area contributed by atoms with Gasteiger partial charge in [-0.3, -0.25) is 0 Å². The van der Waals surface area contributed by atoms with E-state index in [1.807, 2.05) is 6.33 Å². The Kier molecular flexibility index (Phi) is 4.15. The first-order chi connectivity index (χ1) is 8.65. The van der Waals surface area contributed by atoms with Crippen molar-refractivity contribution in [3.05, 3.63) is 53.6 Å². The molecule has 0 saturated carbocycles. The van der Waals surface area contributed by atoms with E-state index in [1.54, 1.807) is 0 Å². The van der Waals surface area contributed by atoms with Gasteiger partial charge in [0.1, 0.15) is 0 Å². The van der Waals surface area contributed by atoms with Crippen molar-refractivity contribution in [3.63, 3.8) is 0 Å². The van der Waals surface area contributed by atoms with Gasteiger partial charge in [0.05, 0.1) is 12.0 Å². The summed E-state index contributed by atoms with van der Waals surface area (Å²) in [5, 5.41) is 3.37. The summed E-state index contributed by atoms with van der Waals surface area (Å²) in [5.74, 6) is 0. The molecule has 1 aromatic carbocycles. The van der Waals surface area contributed by atoms with Crippen LogP contribution >= 0.6 is 0 Å². The molecule has 3 heteroatoms. The normalized spacial score (nSPS) is 11.1. The van der Waals surface area contributed by atoms with Gasteiger partial charge in [-0.25, -0.2) is 4.98 Å². The van der Waals surface area contributed by atoms with Crippen molar-refractivity contribution in [2.24, 2.45) is 0 Å². The van der Waals surface area contributed by atoms with Crippen molar-refractivity contribution in [2.75, 3.05) is 0 Å². The summed E-state index contributed by atoms with van der Waals surface area (Å²) in [6, 6.07) is 8.96. The van der Waals surface area contributed by atoms with Crippen LogP contribution in [0.25, 0.3) is 0 Å². The number of aryl methyl sites for hydroxylation is 1. The molecule has 0 fully saturated rings. The lowest BCUT2D eigenvalue weighted by molar-refractivity contribution is 0.582. The molecule has 0 aliphatic rings. The molecular weight excluding hydrogens is 222 g/mol. The second-order valence-electron chi connectivity index (χ2n) is 5.00. The van der Waals surface area contributed by atoms with Crippen LogP contribution in [0, 0.1) is 6.92 Å². The molecule has 3 nitrogen and oxygen atoms in total. The molecule has 2 aromatic rings. The lowest BCUT2D eigenvalue weighted by atomic mass is 10.1. The minimum Gasteiger partial charge on any atom is -0.333 e. The van der Waals surface area contributed by atoms with E-state index in [0.29, 0.717) is 6.04 Å². The second-order valence-corrected chi connectivity index (χ2v) is 5.00. The second kappa shape index (κ2) is 5.83. The third kappa shape index (κ3) is 3.44. The zero-order valence-electron chi connectivity index (χ0n) is 11.4. The third-order valence-corrected chi connectivity index (χ3v) is 2.99. The molecule has 1 heterocycles. The first-order valence-corrected chi connectivity index (χ1v) is 6.43. The van der Waals surface area contributed by atoms with Crippen LogP contribution in [-0.4, -0.2) is 15.6 Å². The largest absolute Gasteiger partial charge is 0.333 e. The smallest absolute Gasteiger partial charge is 0.0953 e. The third-order valence-electron chi connectivity index (χ3n) is 2.99. The number of hydrogen-bond donors (Lipinski definition) is 1. The Morgan fingerprint density at radius 1 is 1.28 bits per heavy atom. The van der Waals surface area contributed by atoms with E-state index in [1.165, 1.54) is 11.1 Å². The van der Waals surface area contributed by atoms with Crippen LogP contribution in [-0.2, 0) is 13.1 Å². The minimum atomic E-state index is 0.492. The number of imidazole rings is 1. The highest BCUT2D eigenvalue weighted by molar-refractivity contribution is 5.25. The topological polar surface area (TPSA) is 29.9 Å². The molecule has 0 aliphatic carbocycles. The van der Waals surface area contributed by atoms with Crippen LogP contribution in [0.4, 0.5) is 0 Å².